The molecule has 2 aromatic rings. The van der Waals surface area contributed by atoms with E-state index in [1.54, 1.807) is 29.0 Å². The van der Waals surface area contributed by atoms with Gasteiger partial charge in [0.05, 0.1) is 12.9 Å². The zero-order valence-electron chi connectivity index (χ0n) is 11.2. The fourth-order valence-corrected chi connectivity index (χ4v) is 3.73. The quantitative estimate of drug-likeness (QED) is 0.851. The number of hydrogen-bond donors (Lipinski definition) is 0. The first-order valence-corrected chi connectivity index (χ1v) is 8.07. The first-order valence-electron chi connectivity index (χ1n) is 6.04. The normalized spacial score (nSPS) is 11.6. The van der Waals surface area contributed by atoms with Crippen molar-refractivity contribution in [1.29, 1.82) is 0 Å². The first-order chi connectivity index (χ1) is 9.47. The number of nitrogens with zero attached hydrogens (tertiary/aromatic N) is 2. The molecule has 20 heavy (non-hydrogen) atoms. The van der Waals surface area contributed by atoms with Crippen LogP contribution in [0.4, 0.5) is 0 Å². The van der Waals surface area contributed by atoms with Gasteiger partial charge in [-0.25, -0.2) is 13.4 Å². The average Bonchev–Trinajstić information content (AvgIpc) is 2.90. The minimum atomic E-state index is -3.53. The van der Waals surface area contributed by atoms with Gasteiger partial charge in [0.1, 0.15) is 5.75 Å². The van der Waals surface area contributed by atoms with Crippen molar-refractivity contribution in [3.8, 4) is 5.75 Å². The van der Waals surface area contributed by atoms with Crippen LogP contribution in [-0.4, -0.2) is 25.1 Å². The Balaban J connectivity index is 2.34. The summed E-state index contributed by atoms with van der Waals surface area (Å²) in [7, 11) is -2.00. The van der Waals surface area contributed by atoms with Gasteiger partial charge in [-0.05, 0) is 24.6 Å². The minimum absolute atomic E-state index is 0.0619. The Bertz CT molecular complexity index is 710. The minimum Gasteiger partial charge on any atom is -0.497 e. The summed E-state index contributed by atoms with van der Waals surface area (Å²) < 4.78 is 31.4. The number of hydrogen-bond acceptors (Lipinski definition) is 4. The molecule has 0 unspecified atom stereocenters. The predicted molar refractivity (Wildman–Crippen MR) is 76.8 cm³/mol. The number of ether oxygens (including phenoxy) is 1. The van der Waals surface area contributed by atoms with E-state index in [4.69, 9.17) is 16.3 Å². The summed E-state index contributed by atoms with van der Waals surface area (Å²) in [5.41, 5.74) is 0.526. The zero-order valence-corrected chi connectivity index (χ0v) is 12.8. The highest BCUT2D eigenvalue weighted by molar-refractivity contribution is 7.90. The predicted octanol–water partition coefficient (Wildman–Crippen LogP) is 2.54. The third-order valence-electron chi connectivity index (χ3n) is 2.90. The molecule has 2 rings (SSSR count). The van der Waals surface area contributed by atoms with Crippen molar-refractivity contribution in [2.45, 2.75) is 24.4 Å². The van der Waals surface area contributed by atoms with E-state index in [1.165, 1.54) is 13.3 Å². The smallest absolute Gasteiger partial charge is 0.227 e. The third kappa shape index (κ3) is 2.96. The molecule has 0 saturated heterocycles. The fraction of sp³-hybridized carbons (Fsp3) is 0.308. The third-order valence-corrected chi connectivity index (χ3v) is 4.84. The molecule has 1 heterocycles. The standard InChI is InChI=1S/C13H15ClN2O3S/c1-3-16-7-6-15-13(16)20(17,18)9-10-4-5-11(19-2)8-12(10)14/h4-8H,3,9H2,1-2H3. The SMILES string of the molecule is CCn1ccnc1S(=O)(=O)Cc1ccc(OC)cc1Cl. The van der Waals surface area contributed by atoms with E-state index in [-0.39, 0.29) is 10.9 Å². The maximum absolute atomic E-state index is 12.4. The van der Waals surface area contributed by atoms with Gasteiger partial charge in [0.15, 0.2) is 0 Å². The van der Waals surface area contributed by atoms with E-state index in [1.807, 2.05) is 6.92 Å². The highest BCUT2D eigenvalue weighted by atomic mass is 35.5. The molecular weight excluding hydrogens is 300 g/mol. The fourth-order valence-electron chi connectivity index (χ4n) is 1.86. The van der Waals surface area contributed by atoms with E-state index in [9.17, 15) is 8.42 Å². The number of aromatic nitrogens is 2. The van der Waals surface area contributed by atoms with Crippen molar-refractivity contribution in [3.05, 3.63) is 41.2 Å². The van der Waals surface area contributed by atoms with Crippen LogP contribution in [0.2, 0.25) is 5.02 Å². The molecule has 108 valence electrons. The molecule has 1 aromatic heterocycles. The van der Waals surface area contributed by atoms with Crippen molar-refractivity contribution in [1.82, 2.24) is 9.55 Å². The lowest BCUT2D eigenvalue weighted by atomic mass is 10.2. The van der Waals surface area contributed by atoms with Gasteiger partial charge in [-0.2, -0.15) is 0 Å². The molecule has 0 atom stereocenters. The van der Waals surface area contributed by atoms with Crippen molar-refractivity contribution < 1.29 is 13.2 Å². The van der Waals surface area contributed by atoms with Crippen molar-refractivity contribution in [2.24, 2.45) is 0 Å². The summed E-state index contributed by atoms with van der Waals surface area (Å²) in [6.45, 7) is 2.41. The van der Waals surface area contributed by atoms with Crippen LogP contribution >= 0.6 is 11.6 Å². The van der Waals surface area contributed by atoms with Gasteiger partial charge in [0.2, 0.25) is 15.0 Å². The Morgan fingerprint density at radius 1 is 1.40 bits per heavy atom. The highest BCUT2D eigenvalue weighted by Crippen LogP contribution is 2.25. The van der Waals surface area contributed by atoms with E-state index in [0.29, 0.717) is 22.9 Å². The van der Waals surface area contributed by atoms with E-state index < -0.39 is 9.84 Å². The molecule has 7 heteroatoms. The first kappa shape index (κ1) is 14.9. The van der Waals surface area contributed by atoms with Gasteiger partial charge in [-0.1, -0.05) is 17.7 Å². The Labute approximate surface area is 123 Å². The molecule has 0 spiro atoms. The largest absolute Gasteiger partial charge is 0.497 e. The van der Waals surface area contributed by atoms with Gasteiger partial charge in [0.25, 0.3) is 0 Å². The molecule has 0 aliphatic rings. The van der Waals surface area contributed by atoms with Crippen molar-refractivity contribution in [2.75, 3.05) is 7.11 Å². The topological polar surface area (TPSA) is 61.2 Å². The molecule has 0 aliphatic heterocycles. The monoisotopic (exact) mass is 314 g/mol. The van der Waals surface area contributed by atoms with Gasteiger partial charge >= 0.3 is 0 Å². The van der Waals surface area contributed by atoms with Crippen LogP contribution in [-0.2, 0) is 22.1 Å². The lowest BCUT2D eigenvalue weighted by molar-refractivity contribution is 0.414. The van der Waals surface area contributed by atoms with Gasteiger partial charge in [-0.3, -0.25) is 0 Å². The molecule has 5 nitrogen and oxygen atoms in total. The van der Waals surface area contributed by atoms with Crippen LogP contribution in [0.1, 0.15) is 12.5 Å². The van der Waals surface area contributed by atoms with Crippen LogP contribution in [0.25, 0.3) is 0 Å². The molecular formula is C13H15ClN2O3S. The number of methoxy groups -OCH3 is 1. The molecule has 0 bridgehead atoms. The summed E-state index contributed by atoms with van der Waals surface area (Å²) in [6.07, 6.45) is 3.12. The number of halogens is 1. The molecule has 0 fully saturated rings. The summed E-state index contributed by atoms with van der Waals surface area (Å²) in [6, 6.07) is 4.93. The number of rotatable bonds is 5. The molecule has 0 radical (unpaired) electrons. The number of imidazole rings is 1. The maximum Gasteiger partial charge on any atom is 0.227 e. The molecule has 0 saturated carbocycles. The molecule has 1 aromatic carbocycles. The molecule has 0 N–H and O–H groups in total. The van der Waals surface area contributed by atoms with Gasteiger partial charge < -0.3 is 9.30 Å². The Kier molecular flexibility index (Phi) is 4.35. The van der Waals surface area contributed by atoms with Crippen LogP contribution in [0.15, 0.2) is 35.7 Å². The summed E-state index contributed by atoms with van der Waals surface area (Å²) in [5, 5.41) is 0.425. The lowest BCUT2D eigenvalue weighted by Crippen LogP contribution is -2.12. The van der Waals surface area contributed by atoms with Crippen molar-refractivity contribution in [3.63, 3.8) is 0 Å². The Morgan fingerprint density at radius 3 is 2.75 bits per heavy atom. The Hall–Kier alpha value is -1.53. The highest BCUT2D eigenvalue weighted by Gasteiger charge is 2.22. The zero-order chi connectivity index (χ0) is 14.8. The lowest BCUT2D eigenvalue weighted by Gasteiger charge is -2.09. The number of benzene rings is 1. The summed E-state index contributed by atoms with van der Waals surface area (Å²) in [4.78, 5) is 3.93. The molecule has 0 aliphatic carbocycles. The number of sulfone groups is 1. The summed E-state index contributed by atoms with van der Waals surface area (Å²) in [5.74, 6) is 0.401. The molecule has 0 amide bonds. The summed E-state index contributed by atoms with van der Waals surface area (Å²) >= 11 is 6.08. The van der Waals surface area contributed by atoms with E-state index >= 15 is 0 Å². The van der Waals surface area contributed by atoms with Crippen LogP contribution in [0.3, 0.4) is 0 Å². The van der Waals surface area contributed by atoms with Gasteiger partial charge in [-0.15, -0.1) is 0 Å². The van der Waals surface area contributed by atoms with Crippen molar-refractivity contribution >= 4 is 21.4 Å². The average molecular weight is 315 g/mol. The number of aryl methyl sites for hydroxylation is 1. The van der Waals surface area contributed by atoms with E-state index in [2.05, 4.69) is 4.98 Å². The van der Waals surface area contributed by atoms with Crippen LogP contribution in [0, 0.1) is 0 Å². The second-order valence-electron chi connectivity index (χ2n) is 4.21. The second-order valence-corrected chi connectivity index (χ2v) is 6.50. The Morgan fingerprint density at radius 2 is 2.15 bits per heavy atom. The maximum atomic E-state index is 12.4. The van der Waals surface area contributed by atoms with E-state index in [0.717, 1.165) is 0 Å². The van der Waals surface area contributed by atoms with Crippen LogP contribution < -0.4 is 4.74 Å². The van der Waals surface area contributed by atoms with Gasteiger partial charge in [0, 0.05) is 24.0 Å². The second kappa shape index (κ2) is 5.85. The van der Waals surface area contributed by atoms with Crippen LogP contribution in [0.5, 0.6) is 5.75 Å².